The molecule has 2 aliphatic rings. The molecule has 6 rings (SSSR count). The minimum Gasteiger partial charge on any atom is -0.477 e. The fourth-order valence-electron chi connectivity index (χ4n) is 4.93. The van der Waals surface area contributed by atoms with Crippen molar-refractivity contribution >= 4 is 74.3 Å². The SMILES string of the molecule is Cn1[nH]c(=O)c(=O)nc1SCC1=C(C(=O)O)N2C(=O)[C@@H](NC(=O)C(=NOCc3cccc4ccccc34)c3csc(N)n3)[C@@H]2SC1. The van der Waals surface area contributed by atoms with Crippen LogP contribution >= 0.6 is 34.9 Å². The Labute approximate surface area is 271 Å². The number of nitrogens with two attached hydrogens (primary N) is 1. The van der Waals surface area contributed by atoms with Gasteiger partial charge < -0.3 is 21.0 Å². The molecule has 0 radical (unpaired) electrons. The summed E-state index contributed by atoms with van der Waals surface area (Å²) >= 11 is 3.42. The summed E-state index contributed by atoms with van der Waals surface area (Å²) < 4.78 is 1.26. The average molecular weight is 681 g/mol. The molecule has 2 aliphatic heterocycles. The van der Waals surface area contributed by atoms with Crippen molar-refractivity contribution in [2.75, 3.05) is 17.2 Å². The highest BCUT2D eigenvalue weighted by Gasteiger charge is 2.54. The summed E-state index contributed by atoms with van der Waals surface area (Å²) in [6.45, 7) is 0.0582. The van der Waals surface area contributed by atoms with E-state index in [0.717, 1.165) is 44.3 Å². The molecule has 1 fully saturated rings. The lowest BCUT2D eigenvalue weighted by atomic mass is 10.0. The van der Waals surface area contributed by atoms with Crippen molar-refractivity contribution in [1.29, 1.82) is 0 Å². The fourth-order valence-corrected chi connectivity index (χ4v) is 7.88. The van der Waals surface area contributed by atoms with E-state index in [1.165, 1.54) is 23.5 Å². The van der Waals surface area contributed by atoms with E-state index in [1.807, 2.05) is 42.5 Å². The number of carbonyl (C=O) groups is 3. The number of anilines is 1. The molecule has 2 aromatic heterocycles. The topological polar surface area (TPSA) is 215 Å². The number of nitrogens with zero attached hydrogens (tertiary/aromatic N) is 5. The van der Waals surface area contributed by atoms with E-state index < -0.39 is 40.3 Å². The molecule has 2 amide bonds. The molecule has 236 valence electrons. The zero-order valence-electron chi connectivity index (χ0n) is 23.8. The van der Waals surface area contributed by atoms with Crippen molar-refractivity contribution in [3.63, 3.8) is 0 Å². The predicted octanol–water partition coefficient (Wildman–Crippen LogP) is 1.11. The first kappa shape index (κ1) is 31.1. The quantitative estimate of drug-likeness (QED) is 0.0610. The molecule has 46 heavy (non-hydrogen) atoms. The van der Waals surface area contributed by atoms with Crippen LogP contribution in [0.25, 0.3) is 10.8 Å². The van der Waals surface area contributed by atoms with Gasteiger partial charge in [-0.3, -0.25) is 33.9 Å². The monoisotopic (exact) mass is 680 g/mol. The van der Waals surface area contributed by atoms with Crippen LogP contribution in [-0.2, 0) is 32.9 Å². The summed E-state index contributed by atoms with van der Waals surface area (Å²) in [5, 5.41) is 22.3. The van der Waals surface area contributed by atoms with E-state index >= 15 is 0 Å². The number of thiazole rings is 1. The number of carboxylic acid groups (broad SMARTS) is 1. The summed E-state index contributed by atoms with van der Waals surface area (Å²) in [7, 11) is 1.49. The fraction of sp³-hybridized carbons (Fsp3) is 0.214. The number of fused-ring (bicyclic) bond motifs is 2. The van der Waals surface area contributed by atoms with Crippen LogP contribution in [0.3, 0.4) is 0 Å². The third-order valence-corrected chi connectivity index (χ3v) is 10.2. The largest absolute Gasteiger partial charge is 0.477 e. The van der Waals surface area contributed by atoms with Crippen LogP contribution in [0.1, 0.15) is 11.3 Å². The zero-order chi connectivity index (χ0) is 32.5. The van der Waals surface area contributed by atoms with Gasteiger partial charge >= 0.3 is 17.1 Å². The van der Waals surface area contributed by atoms with Crippen LogP contribution in [-0.4, -0.2) is 76.2 Å². The molecule has 4 heterocycles. The summed E-state index contributed by atoms with van der Waals surface area (Å²) in [5.74, 6) is -2.36. The van der Waals surface area contributed by atoms with Crippen molar-refractivity contribution in [1.82, 2.24) is 30.0 Å². The lowest BCUT2D eigenvalue weighted by Gasteiger charge is -2.49. The van der Waals surface area contributed by atoms with Gasteiger partial charge in [-0.1, -0.05) is 59.4 Å². The van der Waals surface area contributed by atoms with Gasteiger partial charge in [-0.15, -0.1) is 23.1 Å². The number of rotatable bonds is 10. The van der Waals surface area contributed by atoms with Crippen LogP contribution in [0.15, 0.2) is 79.0 Å². The Morgan fingerprint density at radius 2 is 1.98 bits per heavy atom. The van der Waals surface area contributed by atoms with E-state index in [4.69, 9.17) is 10.6 Å². The van der Waals surface area contributed by atoms with E-state index in [9.17, 15) is 29.1 Å². The predicted molar refractivity (Wildman–Crippen MR) is 172 cm³/mol. The number of hydrogen-bond donors (Lipinski definition) is 4. The summed E-state index contributed by atoms with van der Waals surface area (Å²) in [5.41, 5.74) is 4.99. The Balaban J connectivity index is 1.18. The molecule has 0 saturated carbocycles. The van der Waals surface area contributed by atoms with Gasteiger partial charge in [0.05, 0.1) is 0 Å². The molecular formula is C28H24N8O7S3. The first-order chi connectivity index (χ1) is 22.1. The number of aryl methyl sites for hydroxylation is 1. The Morgan fingerprint density at radius 1 is 1.20 bits per heavy atom. The molecule has 0 bridgehead atoms. The molecule has 0 unspecified atom stereocenters. The number of nitrogens with one attached hydrogen (secondary N) is 2. The number of carbonyl (C=O) groups excluding carboxylic acids is 2. The Morgan fingerprint density at radius 3 is 2.74 bits per heavy atom. The van der Waals surface area contributed by atoms with E-state index in [0.29, 0.717) is 5.57 Å². The van der Waals surface area contributed by atoms with Gasteiger partial charge in [0.2, 0.25) is 0 Å². The minimum atomic E-state index is -1.32. The van der Waals surface area contributed by atoms with E-state index in [2.05, 4.69) is 25.5 Å². The maximum Gasteiger partial charge on any atom is 0.352 e. The Hall–Kier alpha value is -4.94. The number of nitrogen functional groups attached to an aromatic ring is 1. The molecule has 15 nitrogen and oxygen atoms in total. The first-order valence-electron chi connectivity index (χ1n) is 13.5. The van der Waals surface area contributed by atoms with Crippen molar-refractivity contribution in [2.24, 2.45) is 12.2 Å². The second-order valence-corrected chi connectivity index (χ2v) is 13.0. The van der Waals surface area contributed by atoms with Crippen molar-refractivity contribution in [2.45, 2.75) is 23.2 Å². The molecule has 0 spiro atoms. The summed E-state index contributed by atoms with van der Waals surface area (Å²) in [6.07, 6.45) is 0. The lowest BCUT2D eigenvalue weighted by molar-refractivity contribution is -0.150. The highest BCUT2D eigenvalue weighted by molar-refractivity contribution is 8.01. The maximum absolute atomic E-state index is 13.5. The number of oxime groups is 1. The van der Waals surface area contributed by atoms with Crippen molar-refractivity contribution in [3.8, 4) is 0 Å². The van der Waals surface area contributed by atoms with Gasteiger partial charge in [-0.05, 0) is 21.9 Å². The number of amides is 2. The molecular weight excluding hydrogens is 657 g/mol. The van der Waals surface area contributed by atoms with Gasteiger partial charge in [0.25, 0.3) is 11.8 Å². The van der Waals surface area contributed by atoms with Crippen LogP contribution in [0.2, 0.25) is 0 Å². The average Bonchev–Trinajstić information content (AvgIpc) is 3.47. The molecule has 0 aliphatic carbocycles. The third-order valence-electron chi connectivity index (χ3n) is 7.09. The zero-order valence-corrected chi connectivity index (χ0v) is 26.3. The highest BCUT2D eigenvalue weighted by atomic mass is 32.2. The second kappa shape index (κ2) is 12.8. The summed E-state index contributed by atoms with van der Waals surface area (Å²) in [6, 6.07) is 12.5. The number of hydrogen-bond acceptors (Lipinski definition) is 13. The maximum atomic E-state index is 13.5. The first-order valence-corrected chi connectivity index (χ1v) is 16.4. The highest BCUT2D eigenvalue weighted by Crippen LogP contribution is 2.41. The van der Waals surface area contributed by atoms with Crippen LogP contribution in [0.5, 0.6) is 0 Å². The molecule has 18 heteroatoms. The van der Waals surface area contributed by atoms with Crippen molar-refractivity contribution < 1.29 is 24.3 Å². The molecule has 1 saturated heterocycles. The van der Waals surface area contributed by atoms with Gasteiger partial charge in [-0.25, -0.2) is 9.78 Å². The molecule has 5 N–H and O–H groups in total. The summed E-state index contributed by atoms with van der Waals surface area (Å²) in [4.78, 5) is 76.9. The number of H-pyrrole nitrogens is 1. The number of carboxylic acids is 1. The molecule has 2 atom stereocenters. The van der Waals surface area contributed by atoms with E-state index in [-0.39, 0.29) is 45.5 Å². The van der Waals surface area contributed by atoms with Gasteiger partial charge in [0.15, 0.2) is 16.0 Å². The van der Waals surface area contributed by atoms with Crippen LogP contribution in [0, 0.1) is 0 Å². The smallest absolute Gasteiger partial charge is 0.352 e. The Bertz CT molecular complexity index is 2070. The number of thioether (sulfide) groups is 2. The minimum absolute atomic E-state index is 0.0582. The number of aliphatic carboxylic acids is 1. The van der Waals surface area contributed by atoms with Crippen LogP contribution < -0.4 is 22.2 Å². The lowest BCUT2D eigenvalue weighted by Crippen LogP contribution is -2.71. The third kappa shape index (κ3) is 6.01. The Kier molecular flexibility index (Phi) is 8.65. The second-order valence-electron chi connectivity index (χ2n) is 10.0. The van der Waals surface area contributed by atoms with Crippen molar-refractivity contribution in [3.05, 3.63) is 91.1 Å². The normalized spacial score (nSPS) is 17.9. The van der Waals surface area contributed by atoms with Gasteiger partial charge in [0.1, 0.15) is 29.4 Å². The van der Waals surface area contributed by atoms with Gasteiger partial charge in [0, 0.05) is 23.9 Å². The number of benzene rings is 2. The van der Waals surface area contributed by atoms with Gasteiger partial charge in [-0.2, -0.15) is 4.98 Å². The molecule has 2 aromatic carbocycles. The van der Waals surface area contributed by atoms with E-state index in [1.54, 1.807) is 5.38 Å². The number of β-lactam (4-membered cyclic amide) rings is 1. The van der Waals surface area contributed by atoms with Crippen LogP contribution in [0.4, 0.5) is 5.13 Å². The standard InChI is InChI=1S/C28H24N8O7S3/c1-35-28(32-22(38)23(39)33-35)46-11-15-10-44-25-19(24(40)36(25)20(15)26(41)42)31-21(37)18(17-12-45-27(29)30-17)34-43-9-14-7-4-6-13-5-2-3-8-16(13)14/h2-8,12,19,25H,9-11H2,1H3,(H2,29,30)(H,31,37)(H,33,39)(H,41,42)/t19-,25+/m1/s1. The number of aromatic nitrogens is 4. The molecule has 4 aromatic rings. The number of aromatic amines is 1.